The van der Waals surface area contributed by atoms with E-state index < -0.39 is 0 Å². The summed E-state index contributed by atoms with van der Waals surface area (Å²) in [6.45, 7) is 0. The van der Waals surface area contributed by atoms with Crippen LogP contribution in [0.4, 0.5) is 0 Å². The number of rotatable bonds is 5. The molecule has 4 aromatic heterocycles. The summed E-state index contributed by atoms with van der Waals surface area (Å²) in [4.78, 5) is 14.0. The molecule has 0 N–H and O–H groups in total. The smallest absolute Gasteiger partial charge is 0.196 e. The molecule has 4 heterocycles. The Morgan fingerprint density at radius 3 is 1.42 bits per heavy atom. The summed E-state index contributed by atoms with van der Waals surface area (Å²) in [5, 5.41) is 4.94. The molecule has 53 heavy (non-hydrogen) atoms. The Balaban J connectivity index is 1.04. The van der Waals surface area contributed by atoms with E-state index in [1.807, 2.05) is 24.3 Å². The van der Waals surface area contributed by atoms with E-state index in [1.165, 1.54) is 49.2 Å². The van der Waals surface area contributed by atoms with Crippen LogP contribution in [0.5, 0.6) is 0 Å². The van der Waals surface area contributed by atoms with Gasteiger partial charge < -0.3 is 9.13 Å². The molecule has 6 nitrogen and oxygen atoms in total. The van der Waals surface area contributed by atoms with Gasteiger partial charge in [-0.2, -0.15) is 0 Å². The first kappa shape index (κ1) is 29.4. The fourth-order valence-corrected chi connectivity index (χ4v) is 8.04. The number of hydrogen-bond donors (Lipinski definition) is 0. The Kier molecular flexibility index (Phi) is 6.45. The largest absolute Gasteiger partial charge is 0.309 e. The van der Waals surface area contributed by atoms with Gasteiger partial charge in [0, 0.05) is 51.0 Å². The van der Waals surface area contributed by atoms with Crippen LogP contribution in [0.1, 0.15) is 0 Å². The number of fused-ring (bicyclic) bond motifs is 7. The van der Waals surface area contributed by atoms with Crippen LogP contribution in [0.25, 0.3) is 94.5 Å². The molecule has 0 atom stereocenters. The van der Waals surface area contributed by atoms with Gasteiger partial charge in [-0.3, -0.25) is 4.57 Å². The third-order valence-electron chi connectivity index (χ3n) is 10.4. The van der Waals surface area contributed by atoms with E-state index in [2.05, 4.69) is 169 Å². The summed E-state index contributed by atoms with van der Waals surface area (Å²) < 4.78 is 6.87. The van der Waals surface area contributed by atoms with Crippen molar-refractivity contribution in [3.63, 3.8) is 0 Å². The molecule has 0 unspecified atom stereocenters. The number of hydrogen-bond acceptors (Lipinski definition) is 3. The van der Waals surface area contributed by atoms with E-state index in [4.69, 9.17) is 4.98 Å². The highest BCUT2D eigenvalue weighted by molar-refractivity contribution is 6.12. The number of aromatic nitrogens is 6. The highest BCUT2D eigenvalue weighted by Crippen LogP contribution is 2.38. The van der Waals surface area contributed by atoms with Gasteiger partial charge >= 0.3 is 0 Å². The fraction of sp³-hybridized carbons (Fsp3) is 0. The molecule has 6 heteroatoms. The van der Waals surface area contributed by atoms with Crippen molar-refractivity contribution < 1.29 is 0 Å². The van der Waals surface area contributed by atoms with Gasteiger partial charge in [0.25, 0.3) is 0 Å². The van der Waals surface area contributed by atoms with Crippen LogP contribution in [0.2, 0.25) is 0 Å². The lowest BCUT2D eigenvalue weighted by atomic mass is 10.0. The average molecular weight is 679 g/mol. The van der Waals surface area contributed by atoms with Crippen LogP contribution in [-0.4, -0.2) is 28.7 Å². The second-order valence-electron chi connectivity index (χ2n) is 13.4. The molecular formula is C47H30N6. The Morgan fingerprint density at radius 1 is 0.340 bits per heavy atom. The average Bonchev–Trinajstić information content (AvgIpc) is 3.89. The van der Waals surface area contributed by atoms with Crippen molar-refractivity contribution in [3.05, 3.63) is 182 Å². The van der Waals surface area contributed by atoms with E-state index in [1.54, 1.807) is 12.4 Å². The molecular weight excluding hydrogens is 649 g/mol. The van der Waals surface area contributed by atoms with Crippen molar-refractivity contribution in [2.45, 2.75) is 0 Å². The normalized spacial score (nSPS) is 11.8. The highest BCUT2D eigenvalue weighted by Gasteiger charge is 2.18. The fourth-order valence-electron chi connectivity index (χ4n) is 8.04. The van der Waals surface area contributed by atoms with Crippen LogP contribution >= 0.6 is 0 Å². The molecule has 0 spiro atoms. The molecule has 11 rings (SSSR count). The Bertz CT molecular complexity index is 3150. The Labute approximate surface area is 304 Å². The summed E-state index contributed by atoms with van der Waals surface area (Å²) >= 11 is 0. The Morgan fingerprint density at radius 2 is 0.811 bits per heavy atom. The van der Waals surface area contributed by atoms with Crippen LogP contribution in [0, 0.1) is 0 Å². The van der Waals surface area contributed by atoms with Crippen LogP contribution < -0.4 is 0 Å². The van der Waals surface area contributed by atoms with Crippen molar-refractivity contribution in [2.24, 2.45) is 0 Å². The van der Waals surface area contributed by atoms with Crippen LogP contribution in [0.15, 0.2) is 182 Å². The van der Waals surface area contributed by atoms with Crippen LogP contribution in [-0.2, 0) is 0 Å². The zero-order chi connectivity index (χ0) is 34.9. The molecule has 0 fully saturated rings. The predicted octanol–water partition coefficient (Wildman–Crippen LogP) is 11.3. The molecule has 11 aromatic rings. The molecule has 0 saturated carbocycles. The van der Waals surface area contributed by atoms with Gasteiger partial charge in [0.2, 0.25) is 0 Å². The highest BCUT2D eigenvalue weighted by atomic mass is 15.1. The van der Waals surface area contributed by atoms with E-state index in [9.17, 15) is 0 Å². The first-order valence-corrected chi connectivity index (χ1v) is 17.8. The number of para-hydroxylation sites is 5. The molecule has 0 amide bonds. The monoisotopic (exact) mass is 678 g/mol. The maximum atomic E-state index is 4.92. The summed E-state index contributed by atoms with van der Waals surface area (Å²) in [5.74, 6) is 1.30. The van der Waals surface area contributed by atoms with Gasteiger partial charge in [0.05, 0.1) is 33.1 Å². The van der Waals surface area contributed by atoms with Gasteiger partial charge in [-0.25, -0.2) is 15.0 Å². The van der Waals surface area contributed by atoms with Crippen molar-refractivity contribution >= 4 is 54.6 Å². The van der Waals surface area contributed by atoms with Gasteiger partial charge in [-0.05, 0) is 102 Å². The van der Waals surface area contributed by atoms with Gasteiger partial charge in [-0.1, -0.05) is 78.9 Å². The maximum absolute atomic E-state index is 4.92. The first-order chi connectivity index (χ1) is 26.3. The summed E-state index contributed by atoms with van der Waals surface area (Å²) in [6, 6.07) is 60.4. The SMILES string of the molecule is c1ccc(-n2c3ccccc3c3cc(-c4ccc5c(c4)c4ccccc4n5-c4ccc(-n5c(-c6ncccn6)nc6ccccc65)cc4)ccc32)cc1. The van der Waals surface area contributed by atoms with Crippen molar-refractivity contribution in [1.29, 1.82) is 0 Å². The molecule has 0 saturated heterocycles. The molecule has 0 radical (unpaired) electrons. The first-order valence-electron chi connectivity index (χ1n) is 17.8. The zero-order valence-electron chi connectivity index (χ0n) is 28.5. The molecule has 0 aliphatic heterocycles. The minimum atomic E-state index is 0.590. The second-order valence-corrected chi connectivity index (χ2v) is 13.4. The third-order valence-corrected chi connectivity index (χ3v) is 10.4. The van der Waals surface area contributed by atoms with E-state index in [0.717, 1.165) is 33.6 Å². The molecule has 0 bridgehead atoms. The lowest BCUT2D eigenvalue weighted by Crippen LogP contribution is -2.01. The molecule has 7 aromatic carbocycles. The zero-order valence-corrected chi connectivity index (χ0v) is 28.5. The van der Waals surface area contributed by atoms with Gasteiger partial charge in [-0.15, -0.1) is 0 Å². The minimum Gasteiger partial charge on any atom is -0.309 e. The molecule has 0 aliphatic carbocycles. The van der Waals surface area contributed by atoms with E-state index in [0.29, 0.717) is 11.6 Å². The third kappa shape index (κ3) is 4.56. The van der Waals surface area contributed by atoms with E-state index >= 15 is 0 Å². The number of benzene rings is 7. The van der Waals surface area contributed by atoms with Gasteiger partial charge in [0.1, 0.15) is 0 Å². The van der Waals surface area contributed by atoms with Crippen molar-refractivity contribution in [3.8, 4) is 39.8 Å². The Hall–Kier alpha value is -7.31. The summed E-state index contributed by atoms with van der Waals surface area (Å²) in [6.07, 6.45) is 3.51. The van der Waals surface area contributed by atoms with Gasteiger partial charge in [0.15, 0.2) is 11.6 Å². The second kappa shape index (κ2) is 11.6. The quantitative estimate of drug-likeness (QED) is 0.182. The maximum Gasteiger partial charge on any atom is 0.196 e. The number of imidazole rings is 1. The van der Waals surface area contributed by atoms with Crippen molar-refractivity contribution in [2.75, 3.05) is 0 Å². The lowest BCUT2D eigenvalue weighted by Gasteiger charge is -2.12. The molecule has 248 valence electrons. The predicted molar refractivity (Wildman–Crippen MR) is 216 cm³/mol. The van der Waals surface area contributed by atoms with Crippen molar-refractivity contribution in [1.82, 2.24) is 28.7 Å². The minimum absolute atomic E-state index is 0.590. The lowest BCUT2D eigenvalue weighted by molar-refractivity contribution is 1.04. The summed E-state index contributed by atoms with van der Waals surface area (Å²) in [5.41, 5.74) is 12.3. The van der Waals surface area contributed by atoms with E-state index in [-0.39, 0.29) is 0 Å². The van der Waals surface area contributed by atoms with Crippen LogP contribution in [0.3, 0.4) is 0 Å². The summed E-state index contributed by atoms with van der Waals surface area (Å²) in [7, 11) is 0. The topological polar surface area (TPSA) is 53.5 Å². The number of nitrogens with zero attached hydrogens (tertiary/aromatic N) is 6. The molecule has 0 aliphatic rings. The standard InChI is InChI=1S/C47H30N6/c1-2-11-33(12-3-1)51-41-16-7-4-13-36(41)38-29-31(19-25-43(38)51)32-20-26-44-39(30-32)37-14-5-8-17-42(37)52(44)34-21-23-35(24-22-34)53-45-18-9-6-15-40(45)50-47(53)46-48-27-10-28-49-46/h1-30H.